The first-order valence-corrected chi connectivity index (χ1v) is 5.44. The van der Waals surface area contributed by atoms with E-state index in [1.807, 2.05) is 0 Å². The smallest absolute Gasteiger partial charge is 0.397 e. The summed E-state index contributed by atoms with van der Waals surface area (Å²) in [5, 5.41) is 20.4. The summed E-state index contributed by atoms with van der Waals surface area (Å²) in [6.07, 6.45) is 0. The lowest BCUT2D eigenvalue weighted by Crippen LogP contribution is -2.25. The fraction of sp³-hybridized carbons (Fsp3) is 0.333. The molecule has 0 aliphatic carbocycles. The van der Waals surface area contributed by atoms with Crippen molar-refractivity contribution in [1.82, 2.24) is 0 Å². The molecule has 6 nitrogen and oxygen atoms in total. The number of carbonyl (C=O) groups is 2. The highest BCUT2D eigenvalue weighted by Crippen LogP contribution is 2.16. The van der Waals surface area contributed by atoms with Gasteiger partial charge in [-0.3, -0.25) is 4.79 Å². The number of hydrogen-bond donors (Lipinski definition) is 3. The van der Waals surface area contributed by atoms with Gasteiger partial charge in [0.05, 0.1) is 19.8 Å². The molecule has 0 fully saturated rings. The van der Waals surface area contributed by atoms with Crippen molar-refractivity contribution < 1.29 is 24.5 Å². The third kappa shape index (κ3) is 3.54. The molecule has 0 bridgehead atoms. The van der Waals surface area contributed by atoms with E-state index in [1.165, 1.54) is 12.1 Å². The molecule has 0 saturated heterocycles. The molecular weight excluding hydrogens is 238 g/mol. The van der Waals surface area contributed by atoms with Crippen molar-refractivity contribution in [2.45, 2.75) is 20.1 Å². The van der Waals surface area contributed by atoms with Crippen molar-refractivity contribution in [3.05, 3.63) is 29.3 Å². The van der Waals surface area contributed by atoms with Crippen LogP contribution in [0.1, 0.15) is 18.1 Å². The van der Waals surface area contributed by atoms with Crippen molar-refractivity contribution in [3.63, 3.8) is 0 Å². The van der Waals surface area contributed by atoms with E-state index in [0.717, 1.165) is 0 Å². The Kier molecular flexibility index (Phi) is 5.29. The van der Waals surface area contributed by atoms with E-state index < -0.39 is 11.9 Å². The highest BCUT2D eigenvalue weighted by molar-refractivity contribution is 6.37. The van der Waals surface area contributed by atoms with Gasteiger partial charge in [0.15, 0.2) is 0 Å². The molecule has 1 aromatic rings. The Labute approximate surface area is 104 Å². The van der Waals surface area contributed by atoms with Gasteiger partial charge in [0.25, 0.3) is 0 Å². The number of carbonyl (C=O) groups excluding carboxylic acids is 2. The number of rotatable bonds is 4. The second-order valence-corrected chi connectivity index (χ2v) is 3.47. The number of anilines is 1. The van der Waals surface area contributed by atoms with E-state index in [9.17, 15) is 9.59 Å². The number of aliphatic hydroxyl groups is 2. The topological polar surface area (TPSA) is 95.9 Å². The van der Waals surface area contributed by atoms with Crippen LogP contribution in [0.5, 0.6) is 0 Å². The van der Waals surface area contributed by atoms with Gasteiger partial charge in [0.1, 0.15) is 0 Å². The summed E-state index contributed by atoms with van der Waals surface area (Å²) in [6.45, 7) is 1.25. The molecule has 0 radical (unpaired) electrons. The first-order valence-electron chi connectivity index (χ1n) is 5.44. The summed E-state index contributed by atoms with van der Waals surface area (Å²) >= 11 is 0. The lowest BCUT2D eigenvalue weighted by molar-refractivity contribution is -0.152. The van der Waals surface area contributed by atoms with E-state index >= 15 is 0 Å². The maximum absolute atomic E-state index is 11.4. The van der Waals surface area contributed by atoms with Crippen LogP contribution in [0.25, 0.3) is 0 Å². The second-order valence-electron chi connectivity index (χ2n) is 3.47. The summed E-state index contributed by atoms with van der Waals surface area (Å²) in [4.78, 5) is 22.5. The molecule has 1 aromatic carbocycles. The van der Waals surface area contributed by atoms with E-state index in [4.69, 9.17) is 10.2 Å². The number of aliphatic hydroxyl groups excluding tert-OH is 2. The van der Waals surface area contributed by atoms with Crippen LogP contribution in [0.15, 0.2) is 18.2 Å². The van der Waals surface area contributed by atoms with E-state index in [0.29, 0.717) is 16.8 Å². The van der Waals surface area contributed by atoms with Gasteiger partial charge >= 0.3 is 11.9 Å². The molecule has 1 rings (SSSR count). The number of ether oxygens (including phenoxy) is 1. The first kappa shape index (κ1) is 14.1. The summed E-state index contributed by atoms with van der Waals surface area (Å²) < 4.78 is 4.54. The van der Waals surface area contributed by atoms with Gasteiger partial charge in [-0.2, -0.15) is 0 Å². The predicted molar refractivity (Wildman–Crippen MR) is 63.6 cm³/mol. The van der Waals surface area contributed by atoms with E-state index in [1.54, 1.807) is 13.0 Å². The Morgan fingerprint density at radius 3 is 2.44 bits per heavy atom. The summed E-state index contributed by atoms with van der Waals surface area (Å²) in [6, 6.07) is 4.58. The normalized spacial score (nSPS) is 9.94. The van der Waals surface area contributed by atoms with E-state index in [-0.39, 0.29) is 19.8 Å². The fourth-order valence-electron chi connectivity index (χ4n) is 1.38. The molecule has 0 atom stereocenters. The second kappa shape index (κ2) is 6.73. The third-order valence-electron chi connectivity index (χ3n) is 2.27. The van der Waals surface area contributed by atoms with Gasteiger partial charge in [-0.15, -0.1) is 0 Å². The van der Waals surface area contributed by atoms with Crippen LogP contribution >= 0.6 is 0 Å². The largest absolute Gasteiger partial charge is 0.459 e. The maximum Gasteiger partial charge on any atom is 0.397 e. The molecule has 98 valence electrons. The summed E-state index contributed by atoms with van der Waals surface area (Å²) in [7, 11) is 0. The van der Waals surface area contributed by atoms with Crippen LogP contribution in [-0.2, 0) is 27.5 Å². The SMILES string of the molecule is CCOC(=O)C(=O)Nc1ccc(CO)c(CO)c1. The molecule has 0 heterocycles. The minimum Gasteiger partial charge on any atom is -0.459 e. The van der Waals surface area contributed by atoms with Crippen molar-refractivity contribution in [1.29, 1.82) is 0 Å². The molecule has 0 aliphatic rings. The Morgan fingerprint density at radius 2 is 1.89 bits per heavy atom. The van der Waals surface area contributed by atoms with Crippen molar-refractivity contribution >= 4 is 17.6 Å². The molecule has 0 unspecified atom stereocenters. The summed E-state index contributed by atoms with van der Waals surface area (Å²) in [5.41, 5.74) is 1.40. The highest BCUT2D eigenvalue weighted by Gasteiger charge is 2.15. The van der Waals surface area contributed by atoms with Gasteiger partial charge in [-0.05, 0) is 30.2 Å². The minimum absolute atomic E-state index is 0.123. The van der Waals surface area contributed by atoms with Gasteiger partial charge in [-0.25, -0.2) is 4.79 Å². The Hall–Kier alpha value is -1.92. The van der Waals surface area contributed by atoms with Crippen molar-refractivity contribution in [2.24, 2.45) is 0 Å². The van der Waals surface area contributed by atoms with Crippen LogP contribution in [0.4, 0.5) is 5.69 Å². The van der Waals surface area contributed by atoms with Crippen molar-refractivity contribution in [2.75, 3.05) is 11.9 Å². The number of hydrogen-bond acceptors (Lipinski definition) is 5. The van der Waals surface area contributed by atoms with Crippen molar-refractivity contribution in [3.8, 4) is 0 Å². The quantitative estimate of drug-likeness (QED) is 0.525. The molecule has 0 aromatic heterocycles. The lowest BCUT2D eigenvalue weighted by Gasteiger charge is -2.09. The van der Waals surface area contributed by atoms with Crippen LogP contribution in [0.2, 0.25) is 0 Å². The standard InChI is InChI=1S/C12H15NO5/c1-2-18-12(17)11(16)13-10-4-3-8(6-14)9(5-10)7-15/h3-5,14-15H,2,6-7H2,1H3,(H,13,16). The zero-order valence-electron chi connectivity index (χ0n) is 9.97. The molecule has 1 amide bonds. The Balaban J connectivity index is 2.79. The highest BCUT2D eigenvalue weighted by atomic mass is 16.5. The van der Waals surface area contributed by atoms with Crippen LogP contribution in [0.3, 0.4) is 0 Å². The van der Waals surface area contributed by atoms with Crippen LogP contribution in [0, 0.1) is 0 Å². The number of esters is 1. The van der Waals surface area contributed by atoms with Gasteiger partial charge in [-0.1, -0.05) is 6.07 Å². The summed E-state index contributed by atoms with van der Waals surface area (Å²) in [5.74, 6) is -1.84. The molecule has 6 heteroatoms. The maximum atomic E-state index is 11.4. The minimum atomic E-state index is -0.964. The molecule has 0 aliphatic heterocycles. The third-order valence-corrected chi connectivity index (χ3v) is 2.27. The lowest BCUT2D eigenvalue weighted by atomic mass is 10.1. The molecule has 0 saturated carbocycles. The molecule has 18 heavy (non-hydrogen) atoms. The zero-order chi connectivity index (χ0) is 13.5. The molecule has 3 N–H and O–H groups in total. The zero-order valence-corrected chi connectivity index (χ0v) is 9.97. The molecule has 0 spiro atoms. The monoisotopic (exact) mass is 253 g/mol. The van der Waals surface area contributed by atoms with E-state index in [2.05, 4.69) is 10.1 Å². The number of benzene rings is 1. The average molecular weight is 253 g/mol. The average Bonchev–Trinajstić information content (AvgIpc) is 2.38. The number of nitrogens with one attached hydrogen (secondary N) is 1. The molecular formula is C12H15NO5. The van der Waals surface area contributed by atoms with Gasteiger partial charge in [0.2, 0.25) is 0 Å². The van der Waals surface area contributed by atoms with Gasteiger partial charge < -0.3 is 20.3 Å². The van der Waals surface area contributed by atoms with Gasteiger partial charge in [0, 0.05) is 5.69 Å². The first-order chi connectivity index (χ1) is 8.62. The number of amides is 1. The fourth-order valence-corrected chi connectivity index (χ4v) is 1.38. The van der Waals surface area contributed by atoms with Crippen LogP contribution < -0.4 is 5.32 Å². The predicted octanol–water partition coefficient (Wildman–Crippen LogP) is 0.173. The van der Waals surface area contributed by atoms with Crippen LogP contribution in [-0.4, -0.2) is 28.7 Å². The Bertz CT molecular complexity index is 444. The Morgan fingerprint density at radius 1 is 1.22 bits per heavy atom.